The normalized spacial score (nSPS) is 21.5. The summed E-state index contributed by atoms with van der Waals surface area (Å²) in [4.78, 5) is 56.8. The molecule has 0 radical (unpaired) electrons. The predicted octanol–water partition coefficient (Wildman–Crippen LogP) is 6.67. The number of ketones is 3. The maximum Gasteiger partial charge on any atom is 0.270 e. The van der Waals surface area contributed by atoms with Crippen LogP contribution in [0.4, 0.5) is 11.4 Å². The third-order valence-corrected chi connectivity index (χ3v) is 9.08. The van der Waals surface area contributed by atoms with Gasteiger partial charge >= 0.3 is 0 Å². The Morgan fingerprint density at radius 3 is 2.20 bits per heavy atom. The number of Topliss-reactive ketones (excluding diaryl/α,β-unsaturated/α-hetero) is 3. The minimum Gasteiger partial charge on any atom is -0.352 e. The van der Waals surface area contributed by atoms with Crippen molar-refractivity contribution in [1.82, 2.24) is 0 Å². The molecule has 1 aliphatic carbocycles. The molecule has 1 saturated heterocycles. The first-order valence-corrected chi connectivity index (χ1v) is 13.9. The molecule has 0 saturated carbocycles. The van der Waals surface area contributed by atoms with Gasteiger partial charge in [-0.2, -0.15) is 0 Å². The van der Waals surface area contributed by atoms with Gasteiger partial charge in [-0.25, -0.2) is 0 Å². The van der Waals surface area contributed by atoms with E-state index >= 15 is 0 Å². The summed E-state index contributed by atoms with van der Waals surface area (Å²) in [5.41, 5.74) is 1.23. The molecule has 7 rings (SSSR count). The minimum atomic E-state index is -1.62. The first-order valence-electron chi connectivity index (χ1n) is 13.1. The van der Waals surface area contributed by atoms with Crippen molar-refractivity contribution in [3.63, 3.8) is 0 Å². The summed E-state index contributed by atoms with van der Waals surface area (Å²) in [5, 5.41) is 11.6. The summed E-state index contributed by atoms with van der Waals surface area (Å²) in [6, 6.07) is 25.6. The Kier molecular flexibility index (Phi) is 5.66. The Morgan fingerprint density at radius 1 is 0.854 bits per heavy atom. The zero-order chi connectivity index (χ0) is 28.5. The standard InChI is InChI=1S/C33H21BrN2O5/c34-22-15-12-20(13-16-22)28-29(30(37)21-7-5-8-23(18-21)36(40)41)35-26-11-4-1-6-19(26)14-17-27(35)33(28)31(38)24-9-2-3-10-25(24)32(33)39/h1-18,27-29H/t27-,28-,29+/m0/s1. The average molecular weight is 605 g/mol. The predicted molar refractivity (Wildman–Crippen MR) is 157 cm³/mol. The Morgan fingerprint density at radius 2 is 1.51 bits per heavy atom. The van der Waals surface area contributed by atoms with Gasteiger partial charge < -0.3 is 4.90 Å². The minimum absolute atomic E-state index is 0.143. The maximum absolute atomic E-state index is 14.6. The molecule has 0 amide bonds. The van der Waals surface area contributed by atoms with Crippen LogP contribution in [0.5, 0.6) is 0 Å². The molecule has 1 fully saturated rings. The molecule has 1 spiro atoms. The number of non-ortho nitro benzene ring substituents is 1. The zero-order valence-electron chi connectivity index (χ0n) is 21.4. The lowest BCUT2D eigenvalue weighted by molar-refractivity contribution is -0.384. The zero-order valence-corrected chi connectivity index (χ0v) is 23.0. The van der Waals surface area contributed by atoms with Crippen molar-refractivity contribution >= 4 is 50.7 Å². The van der Waals surface area contributed by atoms with Crippen molar-refractivity contribution in [3.05, 3.63) is 146 Å². The van der Waals surface area contributed by atoms with Crippen LogP contribution in [0.3, 0.4) is 0 Å². The van der Waals surface area contributed by atoms with E-state index in [0.717, 1.165) is 15.7 Å². The third-order valence-electron chi connectivity index (χ3n) is 8.55. The summed E-state index contributed by atoms with van der Waals surface area (Å²) in [5.74, 6) is -1.92. The van der Waals surface area contributed by atoms with Gasteiger partial charge in [-0.1, -0.05) is 94.8 Å². The highest BCUT2D eigenvalue weighted by Crippen LogP contribution is 2.61. The number of carbonyl (C=O) groups excluding carboxylic acids is 3. The van der Waals surface area contributed by atoms with E-state index in [1.807, 2.05) is 65.6 Å². The molecule has 0 unspecified atom stereocenters. The number of nitro groups is 1. The van der Waals surface area contributed by atoms with Gasteiger partial charge in [0.05, 0.1) is 11.0 Å². The molecule has 3 aliphatic rings. The van der Waals surface area contributed by atoms with E-state index in [9.17, 15) is 24.5 Å². The second kappa shape index (κ2) is 9.17. The largest absolute Gasteiger partial charge is 0.352 e. The van der Waals surface area contributed by atoms with Crippen LogP contribution in [0, 0.1) is 15.5 Å². The van der Waals surface area contributed by atoms with Crippen LogP contribution < -0.4 is 4.90 Å². The van der Waals surface area contributed by atoms with E-state index < -0.39 is 34.1 Å². The van der Waals surface area contributed by atoms with Crippen molar-refractivity contribution in [3.8, 4) is 0 Å². The van der Waals surface area contributed by atoms with E-state index in [-0.39, 0.29) is 22.8 Å². The van der Waals surface area contributed by atoms with Crippen LogP contribution in [0.1, 0.15) is 48.1 Å². The lowest BCUT2D eigenvalue weighted by Crippen LogP contribution is -2.48. The van der Waals surface area contributed by atoms with E-state index in [0.29, 0.717) is 16.7 Å². The molecule has 0 aromatic heterocycles. The highest BCUT2D eigenvalue weighted by Gasteiger charge is 2.71. The molecule has 2 aliphatic heterocycles. The van der Waals surface area contributed by atoms with Crippen molar-refractivity contribution < 1.29 is 19.3 Å². The van der Waals surface area contributed by atoms with Crippen LogP contribution >= 0.6 is 15.9 Å². The van der Waals surface area contributed by atoms with Gasteiger partial charge in [0, 0.05) is 44.9 Å². The molecule has 3 atom stereocenters. The topological polar surface area (TPSA) is 97.6 Å². The molecule has 8 heteroatoms. The summed E-state index contributed by atoms with van der Waals surface area (Å²) in [6.07, 6.45) is 3.76. The van der Waals surface area contributed by atoms with Gasteiger partial charge in [0.1, 0.15) is 11.5 Å². The molecule has 0 bridgehead atoms. The van der Waals surface area contributed by atoms with Crippen molar-refractivity contribution in [2.24, 2.45) is 5.41 Å². The molecule has 7 nitrogen and oxygen atoms in total. The fourth-order valence-electron chi connectivity index (χ4n) is 6.90. The molecular formula is C33H21BrN2O5. The van der Waals surface area contributed by atoms with Crippen LogP contribution in [-0.2, 0) is 0 Å². The first-order chi connectivity index (χ1) is 19.8. The van der Waals surface area contributed by atoms with Crippen LogP contribution in [0.25, 0.3) is 6.08 Å². The lowest BCUT2D eigenvalue weighted by atomic mass is 9.64. The van der Waals surface area contributed by atoms with Gasteiger partial charge in [0.15, 0.2) is 17.3 Å². The molecule has 2 heterocycles. The fraction of sp³-hybridized carbons (Fsp3) is 0.121. The Bertz CT molecular complexity index is 1790. The number of nitrogens with zero attached hydrogens (tertiary/aromatic N) is 2. The summed E-state index contributed by atoms with van der Waals surface area (Å²) < 4.78 is 0.810. The smallest absolute Gasteiger partial charge is 0.270 e. The summed E-state index contributed by atoms with van der Waals surface area (Å²) in [7, 11) is 0. The van der Waals surface area contributed by atoms with E-state index in [1.165, 1.54) is 18.2 Å². The van der Waals surface area contributed by atoms with Gasteiger partial charge in [0.25, 0.3) is 5.69 Å². The number of halogens is 1. The van der Waals surface area contributed by atoms with Gasteiger partial charge in [-0.15, -0.1) is 0 Å². The SMILES string of the molecule is O=C(c1cccc([N+](=O)[O-])c1)[C@H]1[C@H](c2ccc(Br)cc2)C2(C(=O)c3ccccc3C2=O)[C@@H]2C=Cc3ccccc3N21. The summed E-state index contributed by atoms with van der Waals surface area (Å²) >= 11 is 3.47. The van der Waals surface area contributed by atoms with Crippen LogP contribution in [0.15, 0.2) is 108 Å². The quantitative estimate of drug-likeness (QED) is 0.112. The second-order valence-electron chi connectivity index (χ2n) is 10.5. The molecule has 4 aromatic carbocycles. The number of hydrogen-bond donors (Lipinski definition) is 0. The highest BCUT2D eigenvalue weighted by molar-refractivity contribution is 9.10. The number of nitro benzene ring substituents is 1. The van der Waals surface area contributed by atoms with E-state index in [2.05, 4.69) is 15.9 Å². The number of benzene rings is 4. The van der Waals surface area contributed by atoms with Gasteiger partial charge in [0.2, 0.25) is 0 Å². The average Bonchev–Trinajstić information content (AvgIpc) is 3.43. The van der Waals surface area contributed by atoms with Crippen molar-refractivity contribution in [2.75, 3.05) is 4.90 Å². The Balaban J connectivity index is 1.54. The second-order valence-corrected chi connectivity index (χ2v) is 11.4. The number of anilines is 1. The Labute approximate surface area is 243 Å². The number of fused-ring (bicyclic) bond motifs is 5. The van der Waals surface area contributed by atoms with E-state index in [4.69, 9.17) is 0 Å². The van der Waals surface area contributed by atoms with E-state index in [1.54, 1.807) is 30.3 Å². The number of rotatable bonds is 4. The molecule has 0 N–H and O–H groups in total. The lowest BCUT2D eigenvalue weighted by Gasteiger charge is -2.37. The van der Waals surface area contributed by atoms with Gasteiger partial charge in [-0.3, -0.25) is 24.5 Å². The molecular weight excluding hydrogens is 584 g/mol. The molecule has 4 aromatic rings. The van der Waals surface area contributed by atoms with Crippen LogP contribution in [0.2, 0.25) is 0 Å². The fourth-order valence-corrected chi connectivity index (χ4v) is 7.17. The number of para-hydroxylation sites is 1. The monoisotopic (exact) mass is 604 g/mol. The Hall–Kier alpha value is -4.69. The number of carbonyl (C=O) groups is 3. The van der Waals surface area contributed by atoms with Crippen LogP contribution in [-0.4, -0.2) is 34.4 Å². The molecule has 200 valence electrons. The van der Waals surface area contributed by atoms with Crippen molar-refractivity contribution in [2.45, 2.75) is 18.0 Å². The summed E-state index contributed by atoms with van der Waals surface area (Å²) in [6.45, 7) is 0. The third kappa shape index (κ3) is 3.47. The maximum atomic E-state index is 14.6. The molecule has 41 heavy (non-hydrogen) atoms. The first kappa shape index (κ1) is 25.3. The van der Waals surface area contributed by atoms with Crippen molar-refractivity contribution in [1.29, 1.82) is 0 Å². The highest BCUT2D eigenvalue weighted by atomic mass is 79.9. The van der Waals surface area contributed by atoms with Gasteiger partial charge in [-0.05, 0) is 29.3 Å². The number of hydrogen-bond acceptors (Lipinski definition) is 6.